The van der Waals surface area contributed by atoms with Crippen molar-refractivity contribution in [1.82, 2.24) is 4.57 Å². The highest BCUT2D eigenvalue weighted by atomic mass is 35.5. The minimum Gasteiger partial charge on any atom is -0.408 e. The number of carbonyl (C=O) groups excluding carboxylic acids is 1. The first kappa shape index (κ1) is 14.2. The van der Waals surface area contributed by atoms with E-state index >= 15 is 0 Å². The molecule has 2 amide bonds. The highest BCUT2D eigenvalue weighted by Crippen LogP contribution is 2.18. The summed E-state index contributed by atoms with van der Waals surface area (Å²) in [6, 6.07) is 11.3. The Kier molecular flexibility index (Phi) is 3.60. The molecule has 1 aromatic heterocycles. The SMILES string of the molecule is Cn1c(=O)oc2ccc(NC(=O)Nc3ccc(Cl)cc3)cc21. The Hall–Kier alpha value is -2.73. The second-order valence-electron chi connectivity index (χ2n) is 4.70. The van der Waals surface area contributed by atoms with Crippen molar-refractivity contribution in [3.8, 4) is 0 Å². The van der Waals surface area contributed by atoms with E-state index in [2.05, 4.69) is 10.6 Å². The van der Waals surface area contributed by atoms with Gasteiger partial charge < -0.3 is 15.1 Å². The maximum absolute atomic E-state index is 11.9. The second kappa shape index (κ2) is 5.57. The van der Waals surface area contributed by atoms with Crippen molar-refractivity contribution in [1.29, 1.82) is 0 Å². The quantitative estimate of drug-likeness (QED) is 0.760. The molecule has 0 radical (unpaired) electrons. The molecule has 2 aromatic carbocycles. The smallest absolute Gasteiger partial charge is 0.408 e. The van der Waals surface area contributed by atoms with Crippen LogP contribution in [0.25, 0.3) is 11.1 Å². The highest BCUT2D eigenvalue weighted by Gasteiger charge is 2.08. The summed E-state index contributed by atoms with van der Waals surface area (Å²) >= 11 is 5.79. The van der Waals surface area contributed by atoms with E-state index in [4.69, 9.17) is 16.0 Å². The molecule has 0 aliphatic rings. The van der Waals surface area contributed by atoms with Crippen LogP contribution in [-0.2, 0) is 7.05 Å². The van der Waals surface area contributed by atoms with Gasteiger partial charge in [-0.1, -0.05) is 11.6 Å². The fourth-order valence-corrected chi connectivity index (χ4v) is 2.16. The summed E-state index contributed by atoms with van der Waals surface area (Å²) in [4.78, 5) is 23.4. The van der Waals surface area contributed by atoms with Gasteiger partial charge in [0.25, 0.3) is 0 Å². The van der Waals surface area contributed by atoms with Crippen molar-refractivity contribution in [2.75, 3.05) is 10.6 Å². The lowest BCUT2D eigenvalue weighted by Gasteiger charge is -2.07. The molecular weight excluding hydrogens is 306 g/mol. The number of halogens is 1. The highest BCUT2D eigenvalue weighted by molar-refractivity contribution is 6.30. The lowest BCUT2D eigenvalue weighted by atomic mass is 10.3. The molecule has 0 aliphatic carbocycles. The summed E-state index contributed by atoms with van der Waals surface area (Å²) in [5.74, 6) is -0.447. The van der Waals surface area contributed by atoms with Crippen LogP contribution in [0.4, 0.5) is 16.2 Å². The third kappa shape index (κ3) is 2.82. The number of benzene rings is 2. The first-order valence-electron chi connectivity index (χ1n) is 6.46. The summed E-state index contributed by atoms with van der Waals surface area (Å²) in [7, 11) is 1.60. The van der Waals surface area contributed by atoms with Crippen LogP contribution in [0, 0.1) is 0 Å². The van der Waals surface area contributed by atoms with Crippen molar-refractivity contribution < 1.29 is 9.21 Å². The number of nitrogens with one attached hydrogen (secondary N) is 2. The number of carbonyl (C=O) groups is 1. The number of hydrogen-bond acceptors (Lipinski definition) is 3. The lowest BCUT2D eigenvalue weighted by molar-refractivity contribution is 0.262. The molecule has 0 spiro atoms. The first-order chi connectivity index (χ1) is 10.5. The van der Waals surface area contributed by atoms with Crippen molar-refractivity contribution in [2.24, 2.45) is 7.05 Å². The average Bonchev–Trinajstić information content (AvgIpc) is 2.77. The zero-order valence-electron chi connectivity index (χ0n) is 11.6. The van der Waals surface area contributed by atoms with Crippen molar-refractivity contribution in [3.63, 3.8) is 0 Å². The number of rotatable bonds is 2. The molecule has 1 heterocycles. The first-order valence-corrected chi connectivity index (χ1v) is 6.84. The molecular formula is C15H12ClN3O3. The number of aryl methyl sites for hydroxylation is 1. The maximum atomic E-state index is 11.9. The number of hydrogen-bond donors (Lipinski definition) is 2. The van der Waals surface area contributed by atoms with E-state index in [1.54, 1.807) is 49.5 Å². The lowest BCUT2D eigenvalue weighted by Crippen LogP contribution is -2.19. The summed E-state index contributed by atoms with van der Waals surface area (Å²) in [6.45, 7) is 0. The summed E-state index contributed by atoms with van der Waals surface area (Å²) in [5.41, 5.74) is 2.25. The van der Waals surface area contributed by atoms with E-state index in [0.717, 1.165) is 0 Å². The van der Waals surface area contributed by atoms with Gasteiger partial charge in [-0.2, -0.15) is 0 Å². The van der Waals surface area contributed by atoms with Crippen LogP contribution in [0.5, 0.6) is 0 Å². The Morgan fingerprint density at radius 1 is 1.09 bits per heavy atom. The average molecular weight is 318 g/mol. The minimum atomic E-state index is -0.447. The summed E-state index contributed by atoms with van der Waals surface area (Å²) < 4.78 is 6.40. The molecule has 0 fully saturated rings. The largest absolute Gasteiger partial charge is 0.419 e. The van der Waals surface area contributed by atoms with Crippen LogP contribution in [0.2, 0.25) is 5.02 Å². The number of urea groups is 1. The van der Waals surface area contributed by atoms with Gasteiger partial charge in [0.15, 0.2) is 5.58 Å². The minimum absolute atomic E-state index is 0.393. The van der Waals surface area contributed by atoms with Gasteiger partial charge in [-0.25, -0.2) is 9.59 Å². The van der Waals surface area contributed by atoms with Crippen LogP contribution >= 0.6 is 11.6 Å². The monoisotopic (exact) mass is 317 g/mol. The number of amides is 2. The maximum Gasteiger partial charge on any atom is 0.419 e. The topological polar surface area (TPSA) is 76.3 Å². The Bertz CT molecular complexity index is 897. The van der Waals surface area contributed by atoms with E-state index in [1.165, 1.54) is 4.57 Å². The molecule has 22 heavy (non-hydrogen) atoms. The summed E-state index contributed by atoms with van der Waals surface area (Å²) in [5, 5.41) is 5.97. The van der Waals surface area contributed by atoms with E-state index < -0.39 is 11.8 Å². The van der Waals surface area contributed by atoms with Gasteiger partial charge in [0.2, 0.25) is 0 Å². The fraction of sp³-hybridized carbons (Fsp3) is 0.0667. The van der Waals surface area contributed by atoms with E-state index in [-0.39, 0.29) is 0 Å². The third-order valence-electron chi connectivity index (χ3n) is 3.15. The number of fused-ring (bicyclic) bond motifs is 1. The van der Waals surface area contributed by atoms with Crippen molar-refractivity contribution >= 4 is 40.1 Å². The molecule has 7 heteroatoms. The molecule has 112 valence electrons. The molecule has 0 saturated carbocycles. The third-order valence-corrected chi connectivity index (χ3v) is 3.40. The number of anilines is 2. The van der Waals surface area contributed by atoms with Gasteiger partial charge in [0, 0.05) is 23.4 Å². The normalized spacial score (nSPS) is 10.6. The van der Waals surface area contributed by atoms with Gasteiger partial charge in [0.1, 0.15) is 0 Å². The molecule has 0 saturated heterocycles. The van der Waals surface area contributed by atoms with Crippen LogP contribution in [0.15, 0.2) is 51.7 Å². The van der Waals surface area contributed by atoms with Gasteiger partial charge in [-0.3, -0.25) is 4.57 Å². The Morgan fingerprint density at radius 2 is 1.73 bits per heavy atom. The number of nitrogens with zero attached hydrogens (tertiary/aromatic N) is 1. The van der Waals surface area contributed by atoms with Gasteiger partial charge in [0.05, 0.1) is 5.52 Å². The van der Waals surface area contributed by atoms with E-state index in [9.17, 15) is 9.59 Å². The number of aromatic nitrogens is 1. The predicted octanol–water partition coefficient (Wildman–Crippen LogP) is 3.43. The van der Waals surface area contributed by atoms with Crippen molar-refractivity contribution in [2.45, 2.75) is 0 Å². The van der Waals surface area contributed by atoms with Crippen LogP contribution in [0.3, 0.4) is 0 Å². The predicted molar refractivity (Wildman–Crippen MR) is 85.5 cm³/mol. The fourth-order valence-electron chi connectivity index (χ4n) is 2.03. The van der Waals surface area contributed by atoms with Crippen molar-refractivity contribution in [3.05, 3.63) is 58.0 Å². The second-order valence-corrected chi connectivity index (χ2v) is 5.13. The zero-order chi connectivity index (χ0) is 15.7. The molecule has 0 bridgehead atoms. The Balaban J connectivity index is 1.77. The molecule has 6 nitrogen and oxygen atoms in total. The van der Waals surface area contributed by atoms with Gasteiger partial charge in [-0.15, -0.1) is 0 Å². The molecule has 0 aliphatic heterocycles. The standard InChI is InChI=1S/C15H12ClN3O3/c1-19-12-8-11(6-7-13(12)22-15(19)21)18-14(20)17-10-4-2-9(16)3-5-10/h2-8H,1H3,(H2,17,18,20). The van der Waals surface area contributed by atoms with Gasteiger partial charge >= 0.3 is 11.8 Å². The van der Waals surface area contributed by atoms with Gasteiger partial charge in [-0.05, 0) is 42.5 Å². The summed E-state index contributed by atoms with van der Waals surface area (Å²) in [6.07, 6.45) is 0. The Labute approximate surface area is 130 Å². The molecule has 0 unspecified atom stereocenters. The number of oxazole rings is 1. The van der Waals surface area contributed by atoms with E-state index in [0.29, 0.717) is 27.5 Å². The van der Waals surface area contributed by atoms with Crippen LogP contribution in [0.1, 0.15) is 0 Å². The molecule has 2 N–H and O–H groups in total. The molecule has 3 aromatic rings. The van der Waals surface area contributed by atoms with E-state index in [1.807, 2.05) is 0 Å². The molecule has 0 atom stereocenters. The van der Waals surface area contributed by atoms with Crippen LogP contribution in [-0.4, -0.2) is 10.6 Å². The zero-order valence-corrected chi connectivity index (χ0v) is 12.3. The van der Waals surface area contributed by atoms with Crippen LogP contribution < -0.4 is 16.4 Å². The Morgan fingerprint density at radius 3 is 2.45 bits per heavy atom. The molecule has 3 rings (SSSR count).